The number of imidazole rings is 1. The van der Waals surface area contributed by atoms with Crippen molar-refractivity contribution in [3.05, 3.63) is 28.8 Å². The standard InChI is InChI=1S/C12H13FN2S2/c13-8-3-4-11-10(6-8)14-12(16)15(11)7-9-2-1-5-17-9/h3-4,6,9H,1-2,5,7H2,(H,14,16). The summed E-state index contributed by atoms with van der Waals surface area (Å²) in [6.07, 6.45) is 2.54. The highest BCUT2D eigenvalue weighted by atomic mass is 32.2. The lowest BCUT2D eigenvalue weighted by Crippen LogP contribution is -2.09. The normalized spacial score (nSPS) is 20.2. The molecule has 2 heterocycles. The van der Waals surface area contributed by atoms with Gasteiger partial charge in [0.25, 0.3) is 0 Å². The maximum atomic E-state index is 13.1. The molecule has 0 amide bonds. The molecule has 17 heavy (non-hydrogen) atoms. The maximum absolute atomic E-state index is 13.1. The van der Waals surface area contributed by atoms with Crippen molar-refractivity contribution in [2.24, 2.45) is 0 Å². The first-order valence-electron chi connectivity index (χ1n) is 5.74. The topological polar surface area (TPSA) is 20.7 Å². The second-order valence-electron chi connectivity index (χ2n) is 4.34. The fraction of sp³-hybridized carbons (Fsp3) is 0.417. The highest BCUT2D eigenvalue weighted by molar-refractivity contribution is 8.00. The van der Waals surface area contributed by atoms with Gasteiger partial charge in [0.2, 0.25) is 0 Å². The third-order valence-electron chi connectivity index (χ3n) is 3.15. The zero-order valence-corrected chi connectivity index (χ0v) is 10.9. The molecule has 1 aromatic heterocycles. The number of nitrogens with zero attached hydrogens (tertiary/aromatic N) is 1. The van der Waals surface area contributed by atoms with Gasteiger partial charge in [0.1, 0.15) is 5.82 Å². The van der Waals surface area contributed by atoms with Gasteiger partial charge in [0.05, 0.1) is 11.0 Å². The molecule has 2 nitrogen and oxygen atoms in total. The fourth-order valence-electron chi connectivity index (χ4n) is 2.31. The number of hydrogen-bond donors (Lipinski definition) is 1. The van der Waals surface area contributed by atoms with Crippen LogP contribution in [0, 0.1) is 10.6 Å². The first-order chi connectivity index (χ1) is 8.24. The Kier molecular flexibility index (Phi) is 2.96. The first-order valence-corrected chi connectivity index (χ1v) is 7.19. The van der Waals surface area contributed by atoms with Gasteiger partial charge in [-0.05, 0) is 49.0 Å². The largest absolute Gasteiger partial charge is 0.330 e. The van der Waals surface area contributed by atoms with Gasteiger partial charge in [-0.3, -0.25) is 0 Å². The van der Waals surface area contributed by atoms with Crippen molar-refractivity contribution in [1.82, 2.24) is 9.55 Å². The molecule has 1 unspecified atom stereocenters. The number of halogens is 1. The van der Waals surface area contributed by atoms with Crippen LogP contribution in [0.3, 0.4) is 0 Å². The second kappa shape index (κ2) is 4.46. The van der Waals surface area contributed by atoms with Gasteiger partial charge < -0.3 is 9.55 Å². The van der Waals surface area contributed by atoms with Crippen LogP contribution in [-0.4, -0.2) is 20.6 Å². The smallest absolute Gasteiger partial charge is 0.178 e. The minimum atomic E-state index is -0.226. The minimum absolute atomic E-state index is 0.226. The molecule has 1 saturated heterocycles. The summed E-state index contributed by atoms with van der Waals surface area (Å²) in [5.74, 6) is 1.02. The van der Waals surface area contributed by atoms with E-state index in [2.05, 4.69) is 9.55 Å². The zero-order valence-electron chi connectivity index (χ0n) is 9.28. The maximum Gasteiger partial charge on any atom is 0.178 e. The van der Waals surface area contributed by atoms with E-state index >= 15 is 0 Å². The summed E-state index contributed by atoms with van der Waals surface area (Å²) in [5.41, 5.74) is 1.79. The molecule has 0 bridgehead atoms. The lowest BCUT2D eigenvalue weighted by Gasteiger charge is -2.10. The molecular weight excluding hydrogens is 255 g/mol. The Hall–Kier alpha value is -0.810. The molecule has 0 saturated carbocycles. The molecule has 1 N–H and O–H groups in total. The van der Waals surface area contributed by atoms with Gasteiger partial charge in [0.15, 0.2) is 4.77 Å². The predicted octanol–water partition coefficient (Wildman–Crippen LogP) is 3.73. The number of nitrogens with one attached hydrogen (secondary N) is 1. The summed E-state index contributed by atoms with van der Waals surface area (Å²) in [6, 6.07) is 4.79. The first kappa shape index (κ1) is 11.3. The molecule has 1 aliphatic rings. The fourth-order valence-corrected chi connectivity index (χ4v) is 3.85. The number of aromatic nitrogens is 2. The molecule has 2 aromatic rings. The summed E-state index contributed by atoms with van der Waals surface area (Å²) >= 11 is 7.31. The quantitative estimate of drug-likeness (QED) is 0.838. The molecular formula is C12H13FN2S2. The van der Waals surface area contributed by atoms with Gasteiger partial charge >= 0.3 is 0 Å². The number of thioether (sulfide) groups is 1. The highest BCUT2D eigenvalue weighted by Crippen LogP contribution is 2.28. The van der Waals surface area contributed by atoms with Crippen molar-refractivity contribution >= 4 is 35.0 Å². The van der Waals surface area contributed by atoms with Gasteiger partial charge in [0, 0.05) is 11.8 Å². The van der Waals surface area contributed by atoms with E-state index in [0.29, 0.717) is 10.0 Å². The molecule has 1 atom stereocenters. The Morgan fingerprint density at radius 2 is 2.41 bits per heavy atom. The van der Waals surface area contributed by atoms with Crippen LogP contribution >= 0.6 is 24.0 Å². The van der Waals surface area contributed by atoms with E-state index < -0.39 is 0 Å². The number of H-pyrrole nitrogens is 1. The summed E-state index contributed by atoms with van der Waals surface area (Å²) < 4.78 is 15.9. The lowest BCUT2D eigenvalue weighted by atomic mass is 10.2. The molecule has 0 radical (unpaired) electrons. The van der Waals surface area contributed by atoms with Crippen molar-refractivity contribution in [1.29, 1.82) is 0 Å². The van der Waals surface area contributed by atoms with Crippen molar-refractivity contribution in [2.45, 2.75) is 24.6 Å². The van der Waals surface area contributed by atoms with Crippen molar-refractivity contribution in [2.75, 3.05) is 5.75 Å². The average Bonchev–Trinajstić information content (AvgIpc) is 2.88. The molecule has 0 aliphatic carbocycles. The molecule has 3 rings (SSSR count). The Morgan fingerprint density at radius 3 is 3.18 bits per heavy atom. The van der Waals surface area contributed by atoms with E-state index in [9.17, 15) is 4.39 Å². The highest BCUT2D eigenvalue weighted by Gasteiger charge is 2.17. The van der Waals surface area contributed by atoms with Gasteiger partial charge in [-0.25, -0.2) is 4.39 Å². The summed E-state index contributed by atoms with van der Waals surface area (Å²) in [4.78, 5) is 3.07. The predicted molar refractivity (Wildman–Crippen MR) is 72.6 cm³/mol. The van der Waals surface area contributed by atoms with E-state index in [1.807, 2.05) is 11.8 Å². The van der Waals surface area contributed by atoms with E-state index in [0.717, 1.165) is 17.6 Å². The van der Waals surface area contributed by atoms with E-state index in [1.54, 1.807) is 6.07 Å². The number of benzene rings is 1. The van der Waals surface area contributed by atoms with Crippen molar-refractivity contribution in [3.8, 4) is 0 Å². The third kappa shape index (κ3) is 2.13. The van der Waals surface area contributed by atoms with Crippen LogP contribution in [0.4, 0.5) is 4.39 Å². The van der Waals surface area contributed by atoms with E-state index in [-0.39, 0.29) is 5.82 Å². The summed E-state index contributed by atoms with van der Waals surface area (Å²) in [7, 11) is 0. The van der Waals surface area contributed by atoms with Crippen LogP contribution in [0.5, 0.6) is 0 Å². The molecule has 1 fully saturated rings. The number of fused-ring (bicyclic) bond motifs is 1. The number of hydrogen-bond acceptors (Lipinski definition) is 2. The van der Waals surface area contributed by atoms with Gasteiger partial charge in [-0.15, -0.1) is 0 Å². The van der Waals surface area contributed by atoms with Crippen LogP contribution < -0.4 is 0 Å². The number of aromatic amines is 1. The van der Waals surface area contributed by atoms with Gasteiger partial charge in [-0.2, -0.15) is 11.8 Å². The Balaban J connectivity index is 2.02. The van der Waals surface area contributed by atoms with Crippen LogP contribution in [0.15, 0.2) is 18.2 Å². The van der Waals surface area contributed by atoms with Crippen molar-refractivity contribution < 1.29 is 4.39 Å². The Morgan fingerprint density at radius 1 is 1.53 bits per heavy atom. The van der Waals surface area contributed by atoms with E-state index in [4.69, 9.17) is 12.2 Å². The van der Waals surface area contributed by atoms with Gasteiger partial charge in [-0.1, -0.05) is 0 Å². The third-order valence-corrected chi connectivity index (χ3v) is 4.85. The molecule has 1 aliphatic heterocycles. The monoisotopic (exact) mass is 268 g/mol. The average molecular weight is 268 g/mol. The SMILES string of the molecule is Fc1ccc2c(c1)[nH]c(=S)n2CC1CCCS1. The van der Waals surface area contributed by atoms with Crippen LogP contribution in [0.1, 0.15) is 12.8 Å². The molecule has 1 aromatic carbocycles. The second-order valence-corrected chi connectivity index (χ2v) is 6.13. The van der Waals surface area contributed by atoms with E-state index in [1.165, 1.54) is 30.7 Å². The Bertz CT molecular complexity index is 596. The van der Waals surface area contributed by atoms with Crippen molar-refractivity contribution in [3.63, 3.8) is 0 Å². The molecule has 0 spiro atoms. The van der Waals surface area contributed by atoms with Crippen LogP contribution in [0.25, 0.3) is 11.0 Å². The van der Waals surface area contributed by atoms with Crippen LogP contribution in [-0.2, 0) is 6.54 Å². The summed E-state index contributed by atoms with van der Waals surface area (Å²) in [5, 5.41) is 0.644. The molecule has 5 heteroatoms. The summed E-state index contributed by atoms with van der Waals surface area (Å²) in [6.45, 7) is 0.926. The van der Waals surface area contributed by atoms with Crippen LogP contribution in [0.2, 0.25) is 0 Å². The Labute approximate surface area is 108 Å². The number of rotatable bonds is 2. The lowest BCUT2D eigenvalue weighted by molar-refractivity contribution is 0.628. The minimum Gasteiger partial charge on any atom is -0.330 e. The molecule has 90 valence electrons. The zero-order chi connectivity index (χ0) is 11.8.